The van der Waals surface area contributed by atoms with Crippen LogP contribution in [-0.2, 0) is 4.79 Å². The zero-order valence-electron chi connectivity index (χ0n) is 11.8. The van der Waals surface area contributed by atoms with Crippen LogP contribution >= 0.6 is 27.3 Å². The van der Waals surface area contributed by atoms with Gasteiger partial charge in [-0.2, -0.15) is 13.2 Å². The number of nitrogens with zero attached hydrogens (tertiary/aromatic N) is 4. The summed E-state index contributed by atoms with van der Waals surface area (Å²) in [6.45, 7) is 1.95. The van der Waals surface area contributed by atoms with Crippen molar-refractivity contribution in [3.63, 3.8) is 0 Å². The van der Waals surface area contributed by atoms with Crippen LogP contribution in [0.1, 0.15) is 23.0 Å². The van der Waals surface area contributed by atoms with Gasteiger partial charge in [0.2, 0.25) is 0 Å². The Labute approximate surface area is 141 Å². The van der Waals surface area contributed by atoms with E-state index in [2.05, 4.69) is 31.1 Å². The van der Waals surface area contributed by atoms with E-state index in [0.29, 0.717) is 9.61 Å². The largest absolute Gasteiger partial charge is 0.480 e. The zero-order chi connectivity index (χ0) is 17.0. The third kappa shape index (κ3) is 2.78. The Morgan fingerprint density at radius 3 is 2.61 bits per heavy atom. The van der Waals surface area contributed by atoms with Crippen LogP contribution in [0.4, 0.5) is 13.2 Å². The Hall–Kier alpha value is -1.07. The molecule has 2 aliphatic heterocycles. The van der Waals surface area contributed by atoms with Gasteiger partial charge >= 0.3 is 12.1 Å². The van der Waals surface area contributed by atoms with E-state index in [0.717, 1.165) is 4.88 Å². The molecule has 3 heterocycles. The Kier molecular flexibility index (Phi) is 4.00. The number of aliphatic carboxylic acids is 1. The van der Waals surface area contributed by atoms with Crippen LogP contribution in [0.25, 0.3) is 0 Å². The van der Waals surface area contributed by atoms with Gasteiger partial charge in [0.05, 0.1) is 5.69 Å². The fourth-order valence-electron chi connectivity index (χ4n) is 2.99. The standard InChI is InChI=1S/C12H12BrF3N4O2S/c1-5-7(17-10(13)23-5)8(9(21)22)20-3-2-6(4-20)11(18-19-11)12(14,15)16/h6,8H,2-4H2,1H3,(H,21,22). The van der Waals surface area contributed by atoms with E-state index in [9.17, 15) is 23.1 Å². The molecule has 126 valence electrons. The van der Waals surface area contributed by atoms with Gasteiger partial charge in [-0.15, -0.1) is 21.6 Å². The summed E-state index contributed by atoms with van der Waals surface area (Å²) in [6, 6.07) is -1.06. The Bertz CT molecular complexity index is 672. The maximum absolute atomic E-state index is 13.1. The number of aryl methyl sites for hydroxylation is 1. The molecule has 23 heavy (non-hydrogen) atoms. The quantitative estimate of drug-likeness (QED) is 0.821. The molecule has 2 atom stereocenters. The summed E-state index contributed by atoms with van der Waals surface area (Å²) in [5.41, 5.74) is -1.98. The predicted molar refractivity (Wildman–Crippen MR) is 78.2 cm³/mol. The molecule has 0 saturated carbocycles. The SMILES string of the molecule is Cc1sc(Br)nc1C(C(=O)O)N1CCC(C2(C(F)(F)F)N=N2)C1. The third-order valence-corrected chi connectivity index (χ3v) is 5.62. The number of aromatic nitrogens is 1. The summed E-state index contributed by atoms with van der Waals surface area (Å²) in [4.78, 5) is 18.1. The molecule has 1 N–H and O–H groups in total. The Morgan fingerprint density at radius 2 is 2.17 bits per heavy atom. The van der Waals surface area contributed by atoms with Gasteiger partial charge in [-0.1, -0.05) is 0 Å². The molecule has 0 amide bonds. The highest BCUT2D eigenvalue weighted by molar-refractivity contribution is 9.11. The highest BCUT2D eigenvalue weighted by Gasteiger charge is 2.69. The number of alkyl halides is 3. The van der Waals surface area contributed by atoms with Gasteiger partial charge in [-0.25, -0.2) is 4.98 Å². The van der Waals surface area contributed by atoms with Crippen molar-refractivity contribution in [2.75, 3.05) is 13.1 Å². The van der Waals surface area contributed by atoms with Crippen LogP contribution in [0, 0.1) is 12.8 Å². The molecule has 0 bridgehead atoms. The summed E-state index contributed by atoms with van der Waals surface area (Å²) < 4.78 is 39.8. The van der Waals surface area contributed by atoms with Crippen molar-refractivity contribution in [3.05, 3.63) is 14.5 Å². The molecule has 1 saturated heterocycles. The minimum absolute atomic E-state index is 0.0297. The van der Waals surface area contributed by atoms with Crippen molar-refractivity contribution < 1.29 is 23.1 Å². The molecule has 1 aromatic heterocycles. The summed E-state index contributed by atoms with van der Waals surface area (Å²) >= 11 is 4.50. The number of carbonyl (C=O) groups is 1. The molecule has 0 spiro atoms. The second-order valence-electron chi connectivity index (χ2n) is 5.55. The van der Waals surface area contributed by atoms with Crippen LogP contribution in [0.3, 0.4) is 0 Å². The number of likely N-dealkylation sites (tertiary alicyclic amines) is 1. The lowest BCUT2D eigenvalue weighted by Gasteiger charge is -2.25. The minimum Gasteiger partial charge on any atom is -0.480 e. The number of carboxylic acid groups (broad SMARTS) is 1. The van der Waals surface area contributed by atoms with Crippen LogP contribution in [0.5, 0.6) is 0 Å². The number of halogens is 4. The molecule has 2 aliphatic rings. The van der Waals surface area contributed by atoms with E-state index >= 15 is 0 Å². The van der Waals surface area contributed by atoms with E-state index in [-0.39, 0.29) is 19.5 Å². The molecule has 6 nitrogen and oxygen atoms in total. The summed E-state index contributed by atoms with van der Waals surface area (Å²) in [5, 5.41) is 16.0. The van der Waals surface area contributed by atoms with Gasteiger partial charge in [0.25, 0.3) is 5.66 Å². The zero-order valence-corrected chi connectivity index (χ0v) is 14.2. The average Bonchev–Trinajstić information content (AvgIpc) is 3.01. The lowest BCUT2D eigenvalue weighted by molar-refractivity contribution is -0.175. The van der Waals surface area contributed by atoms with Gasteiger partial charge in [0, 0.05) is 17.3 Å². The topological polar surface area (TPSA) is 78.1 Å². The molecule has 0 aliphatic carbocycles. The van der Waals surface area contributed by atoms with E-state index < -0.39 is 29.8 Å². The first-order chi connectivity index (χ1) is 10.7. The minimum atomic E-state index is -4.54. The van der Waals surface area contributed by atoms with Crippen molar-refractivity contribution in [1.82, 2.24) is 9.88 Å². The summed E-state index contributed by atoms with van der Waals surface area (Å²) in [7, 11) is 0. The van der Waals surface area contributed by atoms with Gasteiger partial charge in [-0.3, -0.25) is 9.69 Å². The number of thiazole rings is 1. The lowest BCUT2D eigenvalue weighted by atomic mass is 9.95. The highest BCUT2D eigenvalue weighted by atomic mass is 79.9. The van der Waals surface area contributed by atoms with Gasteiger partial charge < -0.3 is 5.11 Å². The number of carboxylic acids is 1. The maximum atomic E-state index is 13.1. The number of rotatable bonds is 4. The second kappa shape index (κ2) is 5.49. The molecule has 0 radical (unpaired) electrons. The molecular weight excluding hydrogens is 401 g/mol. The lowest BCUT2D eigenvalue weighted by Crippen LogP contribution is -2.42. The van der Waals surface area contributed by atoms with Crippen molar-refractivity contribution >= 4 is 33.2 Å². The molecule has 11 heteroatoms. The third-order valence-electron chi connectivity index (χ3n) is 4.19. The summed E-state index contributed by atoms with van der Waals surface area (Å²) in [5.74, 6) is -1.98. The number of hydrogen-bond acceptors (Lipinski definition) is 6. The smallest absolute Gasteiger partial charge is 0.438 e. The van der Waals surface area contributed by atoms with Crippen LogP contribution in [0.2, 0.25) is 0 Å². The average molecular weight is 413 g/mol. The van der Waals surface area contributed by atoms with Gasteiger partial charge in [0.15, 0.2) is 9.96 Å². The molecule has 1 fully saturated rings. The molecule has 3 rings (SSSR count). The van der Waals surface area contributed by atoms with Crippen molar-refractivity contribution in [2.24, 2.45) is 16.1 Å². The van der Waals surface area contributed by atoms with Crippen LogP contribution < -0.4 is 0 Å². The molecule has 2 unspecified atom stereocenters. The fourth-order valence-corrected chi connectivity index (χ4v) is 4.56. The van der Waals surface area contributed by atoms with Crippen LogP contribution in [0.15, 0.2) is 14.1 Å². The van der Waals surface area contributed by atoms with Gasteiger partial charge in [0.1, 0.15) is 0 Å². The van der Waals surface area contributed by atoms with Gasteiger partial charge in [-0.05, 0) is 35.8 Å². The predicted octanol–water partition coefficient (Wildman–Crippen LogP) is 3.39. The van der Waals surface area contributed by atoms with Crippen LogP contribution in [-0.4, -0.2) is 45.9 Å². The highest BCUT2D eigenvalue weighted by Crippen LogP contribution is 2.52. The normalized spacial score (nSPS) is 24.8. The van der Waals surface area contributed by atoms with E-state index in [1.54, 1.807) is 6.92 Å². The second-order valence-corrected chi connectivity index (χ2v) is 8.03. The van der Waals surface area contributed by atoms with Crippen molar-refractivity contribution in [1.29, 1.82) is 0 Å². The fraction of sp³-hybridized carbons (Fsp3) is 0.667. The van der Waals surface area contributed by atoms with E-state index in [1.807, 2.05) is 0 Å². The first-order valence-corrected chi connectivity index (χ1v) is 8.37. The molecule has 0 aromatic carbocycles. The Balaban J connectivity index is 1.82. The van der Waals surface area contributed by atoms with Crippen molar-refractivity contribution in [3.8, 4) is 0 Å². The van der Waals surface area contributed by atoms with E-state index in [1.165, 1.54) is 16.2 Å². The monoisotopic (exact) mass is 412 g/mol. The van der Waals surface area contributed by atoms with Crippen molar-refractivity contribution in [2.45, 2.75) is 31.2 Å². The first-order valence-electron chi connectivity index (χ1n) is 6.76. The summed E-state index contributed by atoms with van der Waals surface area (Å²) in [6.07, 6.45) is -4.34. The Morgan fingerprint density at radius 1 is 1.52 bits per heavy atom. The van der Waals surface area contributed by atoms with E-state index in [4.69, 9.17) is 0 Å². The molecular formula is C12H12BrF3N4O2S. The maximum Gasteiger partial charge on any atom is 0.438 e. The molecule has 1 aromatic rings. The number of hydrogen-bond donors (Lipinski definition) is 1. The first kappa shape index (κ1) is 16.8.